The third-order valence-electron chi connectivity index (χ3n) is 2.44. The molecular weight excluding hydrogens is 328 g/mol. The molecule has 2 amide bonds. The zero-order chi connectivity index (χ0) is 14.3. The third-order valence-corrected chi connectivity index (χ3v) is 3.96. The Morgan fingerprint density at radius 3 is 2.68 bits per heavy atom. The van der Waals surface area contributed by atoms with Crippen molar-refractivity contribution in [2.24, 2.45) is 5.92 Å². The van der Waals surface area contributed by atoms with E-state index in [1.165, 1.54) is 0 Å². The number of nitrogens with one attached hydrogen (secondary N) is 2. The number of hydrogen-bond acceptors (Lipinski definition) is 3. The molecule has 1 aromatic rings. The van der Waals surface area contributed by atoms with Crippen LogP contribution in [-0.2, 0) is 9.59 Å². The number of rotatable bonds is 6. The number of carbonyl (C=O) groups is 2. The number of hydrogen-bond donors (Lipinski definition) is 2. The van der Waals surface area contributed by atoms with Gasteiger partial charge >= 0.3 is 0 Å². The lowest BCUT2D eigenvalue weighted by atomic mass is 10.2. The molecule has 0 saturated heterocycles. The summed E-state index contributed by atoms with van der Waals surface area (Å²) in [5.41, 5.74) is 0.693. The number of benzene rings is 1. The van der Waals surface area contributed by atoms with E-state index < -0.39 is 0 Å². The van der Waals surface area contributed by atoms with E-state index in [9.17, 15) is 9.59 Å². The van der Waals surface area contributed by atoms with Crippen LogP contribution in [0.5, 0.6) is 0 Å². The van der Waals surface area contributed by atoms with E-state index in [-0.39, 0.29) is 24.3 Å². The Kier molecular flexibility index (Phi) is 6.94. The molecule has 0 bridgehead atoms. The number of halogens is 1. The van der Waals surface area contributed by atoms with E-state index in [0.29, 0.717) is 5.69 Å². The Morgan fingerprint density at radius 2 is 2.05 bits per heavy atom. The summed E-state index contributed by atoms with van der Waals surface area (Å²) < 4.78 is 0.811. The van der Waals surface area contributed by atoms with Gasteiger partial charge < -0.3 is 10.6 Å². The van der Waals surface area contributed by atoms with Gasteiger partial charge in [-0.2, -0.15) is 11.8 Å². The van der Waals surface area contributed by atoms with Crippen molar-refractivity contribution in [3.63, 3.8) is 0 Å². The minimum atomic E-state index is -0.239. The van der Waals surface area contributed by atoms with Crippen LogP contribution in [0, 0.1) is 5.92 Å². The fraction of sp³-hybridized carbons (Fsp3) is 0.385. The molecule has 0 aliphatic carbocycles. The van der Waals surface area contributed by atoms with Gasteiger partial charge in [-0.1, -0.05) is 19.1 Å². The van der Waals surface area contributed by atoms with Crippen LogP contribution in [0.15, 0.2) is 28.7 Å². The highest BCUT2D eigenvalue weighted by Gasteiger charge is 2.13. The van der Waals surface area contributed by atoms with Crippen LogP contribution in [0.25, 0.3) is 0 Å². The van der Waals surface area contributed by atoms with Crippen molar-refractivity contribution in [2.45, 2.75) is 6.92 Å². The normalized spacial score (nSPS) is 11.7. The van der Waals surface area contributed by atoms with Crippen LogP contribution >= 0.6 is 27.7 Å². The van der Waals surface area contributed by atoms with Crippen LogP contribution < -0.4 is 10.6 Å². The van der Waals surface area contributed by atoms with Crippen molar-refractivity contribution in [3.05, 3.63) is 28.7 Å². The second-order valence-electron chi connectivity index (χ2n) is 4.10. The molecule has 0 aliphatic heterocycles. The molecular formula is C13H17BrN2O2S. The standard InChI is InChI=1S/C13H17BrN2O2S/c1-9(8-19-2)13(18)15-7-12(17)16-11-6-4-3-5-10(11)14/h3-6,9H,7-8H2,1-2H3,(H,15,18)(H,16,17). The molecule has 1 atom stereocenters. The molecule has 104 valence electrons. The highest BCUT2D eigenvalue weighted by molar-refractivity contribution is 9.10. The summed E-state index contributed by atoms with van der Waals surface area (Å²) in [5, 5.41) is 5.36. The van der Waals surface area contributed by atoms with E-state index >= 15 is 0 Å². The van der Waals surface area contributed by atoms with E-state index in [1.54, 1.807) is 17.8 Å². The lowest BCUT2D eigenvalue weighted by Gasteiger charge is -2.11. The van der Waals surface area contributed by atoms with E-state index in [4.69, 9.17) is 0 Å². The Bertz CT molecular complexity index is 454. The third kappa shape index (κ3) is 5.65. The van der Waals surface area contributed by atoms with Crippen LogP contribution in [0.2, 0.25) is 0 Å². The molecule has 4 nitrogen and oxygen atoms in total. The number of thioether (sulfide) groups is 1. The van der Waals surface area contributed by atoms with Crippen molar-refractivity contribution in [1.29, 1.82) is 0 Å². The molecule has 0 aromatic heterocycles. The maximum Gasteiger partial charge on any atom is 0.243 e. The molecule has 0 saturated carbocycles. The van der Waals surface area contributed by atoms with Crippen molar-refractivity contribution in [1.82, 2.24) is 5.32 Å². The minimum Gasteiger partial charge on any atom is -0.347 e. The topological polar surface area (TPSA) is 58.2 Å². The quantitative estimate of drug-likeness (QED) is 0.833. The number of anilines is 1. The molecule has 0 fully saturated rings. The number of amides is 2. The van der Waals surface area contributed by atoms with Gasteiger partial charge in [-0.05, 0) is 34.3 Å². The van der Waals surface area contributed by atoms with Gasteiger partial charge in [-0.25, -0.2) is 0 Å². The number of para-hydroxylation sites is 1. The second-order valence-corrected chi connectivity index (χ2v) is 5.87. The van der Waals surface area contributed by atoms with E-state index in [2.05, 4.69) is 26.6 Å². The average Bonchev–Trinajstić information content (AvgIpc) is 2.39. The molecule has 1 rings (SSSR count). The van der Waals surface area contributed by atoms with Crippen LogP contribution in [0.4, 0.5) is 5.69 Å². The van der Waals surface area contributed by atoms with Gasteiger partial charge in [0.05, 0.1) is 12.2 Å². The summed E-state index contributed by atoms with van der Waals surface area (Å²) in [6.07, 6.45) is 1.95. The van der Waals surface area contributed by atoms with Gasteiger partial charge in [0.15, 0.2) is 0 Å². The molecule has 19 heavy (non-hydrogen) atoms. The lowest BCUT2D eigenvalue weighted by molar-refractivity contribution is -0.126. The molecule has 0 spiro atoms. The lowest BCUT2D eigenvalue weighted by Crippen LogP contribution is -2.36. The average molecular weight is 345 g/mol. The predicted molar refractivity (Wildman–Crippen MR) is 83.3 cm³/mol. The zero-order valence-electron chi connectivity index (χ0n) is 10.9. The van der Waals surface area contributed by atoms with Crippen LogP contribution in [0.1, 0.15) is 6.92 Å². The molecule has 0 aliphatic rings. The summed E-state index contributed by atoms with van der Waals surface area (Å²) in [7, 11) is 0. The Hall–Kier alpha value is -1.01. The molecule has 0 heterocycles. The Balaban J connectivity index is 2.40. The largest absolute Gasteiger partial charge is 0.347 e. The monoisotopic (exact) mass is 344 g/mol. The highest BCUT2D eigenvalue weighted by Crippen LogP contribution is 2.20. The summed E-state index contributed by atoms with van der Waals surface area (Å²) in [6.45, 7) is 1.83. The zero-order valence-corrected chi connectivity index (χ0v) is 13.3. The molecule has 2 N–H and O–H groups in total. The minimum absolute atomic E-state index is 0.0150. The molecule has 1 aromatic carbocycles. The predicted octanol–water partition coefficient (Wildman–Crippen LogP) is 2.50. The first-order chi connectivity index (χ1) is 9.04. The fourth-order valence-corrected chi connectivity index (χ4v) is 2.46. The first-order valence-corrected chi connectivity index (χ1v) is 8.04. The van der Waals surface area contributed by atoms with Gasteiger partial charge in [-0.3, -0.25) is 9.59 Å². The second kappa shape index (κ2) is 8.22. The molecule has 1 unspecified atom stereocenters. The van der Waals surface area contributed by atoms with Crippen LogP contribution in [0.3, 0.4) is 0 Å². The molecule has 6 heteroatoms. The van der Waals surface area contributed by atoms with Gasteiger partial charge in [0.1, 0.15) is 0 Å². The van der Waals surface area contributed by atoms with Crippen molar-refractivity contribution in [3.8, 4) is 0 Å². The highest BCUT2D eigenvalue weighted by atomic mass is 79.9. The van der Waals surface area contributed by atoms with Crippen LogP contribution in [-0.4, -0.2) is 30.4 Å². The maximum absolute atomic E-state index is 11.7. The summed E-state index contributed by atoms with van der Waals surface area (Å²) in [4.78, 5) is 23.3. The smallest absolute Gasteiger partial charge is 0.243 e. The summed E-state index contributed by atoms with van der Waals surface area (Å²) in [5.74, 6) is 0.317. The van der Waals surface area contributed by atoms with E-state index in [1.807, 2.05) is 31.4 Å². The molecule has 0 radical (unpaired) electrons. The van der Waals surface area contributed by atoms with Crippen molar-refractivity contribution >= 4 is 45.2 Å². The maximum atomic E-state index is 11.7. The van der Waals surface area contributed by atoms with Crippen molar-refractivity contribution < 1.29 is 9.59 Å². The first-order valence-electron chi connectivity index (χ1n) is 5.85. The summed E-state index contributed by atoms with van der Waals surface area (Å²) in [6, 6.07) is 7.33. The number of carbonyl (C=O) groups excluding carboxylic acids is 2. The SMILES string of the molecule is CSCC(C)C(=O)NCC(=O)Nc1ccccc1Br. The first kappa shape index (κ1) is 16.0. The van der Waals surface area contributed by atoms with E-state index in [0.717, 1.165) is 10.2 Å². The van der Waals surface area contributed by atoms with Crippen molar-refractivity contribution in [2.75, 3.05) is 23.9 Å². The fourth-order valence-electron chi connectivity index (χ4n) is 1.42. The van der Waals surface area contributed by atoms with Gasteiger partial charge in [0.25, 0.3) is 0 Å². The van der Waals surface area contributed by atoms with Gasteiger partial charge in [-0.15, -0.1) is 0 Å². The Labute approximate surface area is 125 Å². The van der Waals surface area contributed by atoms with Gasteiger partial charge in [0, 0.05) is 16.1 Å². The van der Waals surface area contributed by atoms with Gasteiger partial charge in [0.2, 0.25) is 11.8 Å². The summed E-state index contributed by atoms with van der Waals surface area (Å²) >= 11 is 4.95. The Morgan fingerprint density at radius 1 is 1.37 bits per heavy atom.